The zero-order chi connectivity index (χ0) is 13.3. The van der Waals surface area contributed by atoms with Crippen LogP contribution in [0.15, 0.2) is 24.3 Å². The number of ether oxygens (including phenoxy) is 1. The maximum Gasteiger partial charge on any atom is 0.416 e. The third kappa shape index (κ3) is 2.94. The number of rotatable bonds is 4. The number of halogens is 3. The second-order valence-electron chi connectivity index (χ2n) is 4.27. The Morgan fingerprint density at radius 2 is 1.94 bits per heavy atom. The Labute approximate surface area is 101 Å². The van der Waals surface area contributed by atoms with Crippen molar-refractivity contribution >= 4 is 5.97 Å². The molecule has 0 bridgehead atoms. The van der Waals surface area contributed by atoms with Gasteiger partial charge in [0.05, 0.1) is 18.1 Å². The van der Waals surface area contributed by atoms with Gasteiger partial charge in [-0.1, -0.05) is 0 Å². The maximum atomic E-state index is 12.3. The molecule has 1 aliphatic carbocycles. The summed E-state index contributed by atoms with van der Waals surface area (Å²) in [7, 11) is 0. The highest BCUT2D eigenvalue weighted by atomic mass is 19.4. The summed E-state index contributed by atoms with van der Waals surface area (Å²) in [6, 6.07) is 4.36. The number of benzene rings is 1. The van der Waals surface area contributed by atoms with Gasteiger partial charge in [0.15, 0.2) is 0 Å². The summed E-state index contributed by atoms with van der Waals surface area (Å²) in [6.45, 7) is 0.225. The molecule has 0 spiro atoms. The van der Waals surface area contributed by atoms with Crippen LogP contribution in [0, 0.1) is 11.8 Å². The van der Waals surface area contributed by atoms with Gasteiger partial charge in [0.1, 0.15) is 5.75 Å². The highest BCUT2D eigenvalue weighted by Crippen LogP contribution is 2.39. The van der Waals surface area contributed by atoms with E-state index in [0.717, 1.165) is 12.1 Å². The van der Waals surface area contributed by atoms with Crippen LogP contribution in [0.25, 0.3) is 0 Å². The van der Waals surface area contributed by atoms with Gasteiger partial charge in [-0.3, -0.25) is 4.79 Å². The summed E-state index contributed by atoms with van der Waals surface area (Å²) in [6.07, 6.45) is -3.79. The highest BCUT2D eigenvalue weighted by Gasteiger charge is 2.43. The van der Waals surface area contributed by atoms with Gasteiger partial charge in [-0.25, -0.2) is 0 Å². The zero-order valence-electron chi connectivity index (χ0n) is 9.28. The van der Waals surface area contributed by atoms with Crippen LogP contribution in [0.2, 0.25) is 0 Å². The Kier molecular flexibility index (Phi) is 3.19. The van der Waals surface area contributed by atoms with Gasteiger partial charge in [-0.15, -0.1) is 0 Å². The van der Waals surface area contributed by atoms with E-state index < -0.39 is 17.7 Å². The molecule has 6 heteroatoms. The summed E-state index contributed by atoms with van der Waals surface area (Å²) in [5.74, 6) is -0.945. The summed E-state index contributed by atoms with van der Waals surface area (Å²) >= 11 is 0. The van der Waals surface area contributed by atoms with Crippen LogP contribution in [0.4, 0.5) is 13.2 Å². The van der Waals surface area contributed by atoms with Crippen molar-refractivity contribution in [1.82, 2.24) is 0 Å². The molecule has 0 aromatic heterocycles. The number of aliphatic carboxylic acids is 1. The third-order valence-electron chi connectivity index (χ3n) is 2.89. The molecule has 0 radical (unpaired) electrons. The number of carboxylic acid groups (broad SMARTS) is 1. The van der Waals surface area contributed by atoms with Crippen LogP contribution in [-0.4, -0.2) is 17.7 Å². The van der Waals surface area contributed by atoms with E-state index in [9.17, 15) is 18.0 Å². The molecule has 0 saturated heterocycles. The molecular weight excluding hydrogens is 249 g/mol. The van der Waals surface area contributed by atoms with E-state index in [2.05, 4.69) is 0 Å². The number of hydrogen-bond acceptors (Lipinski definition) is 2. The molecule has 1 fully saturated rings. The molecule has 98 valence electrons. The van der Waals surface area contributed by atoms with Crippen LogP contribution in [-0.2, 0) is 11.0 Å². The minimum absolute atomic E-state index is 0.0372. The third-order valence-corrected chi connectivity index (χ3v) is 2.89. The first-order chi connectivity index (χ1) is 8.38. The van der Waals surface area contributed by atoms with Crippen molar-refractivity contribution in [3.63, 3.8) is 0 Å². The smallest absolute Gasteiger partial charge is 0.416 e. The monoisotopic (exact) mass is 260 g/mol. The fourth-order valence-corrected chi connectivity index (χ4v) is 1.68. The molecule has 3 nitrogen and oxygen atoms in total. The Morgan fingerprint density at radius 1 is 1.33 bits per heavy atom. The second kappa shape index (κ2) is 4.51. The maximum absolute atomic E-state index is 12.3. The molecule has 0 aliphatic heterocycles. The lowest BCUT2D eigenvalue weighted by Gasteiger charge is -2.08. The van der Waals surface area contributed by atoms with E-state index in [1.807, 2.05) is 0 Å². The molecule has 1 N–H and O–H groups in total. The largest absolute Gasteiger partial charge is 0.493 e. The molecule has 1 saturated carbocycles. The lowest BCUT2D eigenvalue weighted by molar-refractivity contribution is -0.139. The van der Waals surface area contributed by atoms with Crippen molar-refractivity contribution in [2.45, 2.75) is 12.6 Å². The van der Waals surface area contributed by atoms with Crippen molar-refractivity contribution in [3.8, 4) is 5.75 Å². The van der Waals surface area contributed by atoms with Crippen molar-refractivity contribution in [1.29, 1.82) is 0 Å². The summed E-state index contributed by atoms with van der Waals surface area (Å²) < 4.78 is 42.1. The summed E-state index contributed by atoms with van der Waals surface area (Å²) in [5.41, 5.74) is -0.732. The molecule has 2 atom stereocenters. The van der Waals surface area contributed by atoms with Crippen molar-refractivity contribution in [2.24, 2.45) is 11.8 Å². The SMILES string of the molecule is O=C(O)[C@@H]1C[C@H]1COc1ccc(C(F)(F)F)cc1. The Hall–Kier alpha value is -1.72. The van der Waals surface area contributed by atoms with Gasteiger partial charge in [0.2, 0.25) is 0 Å². The minimum Gasteiger partial charge on any atom is -0.493 e. The predicted octanol–water partition coefficient (Wildman–Crippen LogP) is 2.80. The van der Waals surface area contributed by atoms with E-state index in [1.54, 1.807) is 0 Å². The normalized spacial score (nSPS) is 22.6. The number of hydrogen-bond donors (Lipinski definition) is 1. The van der Waals surface area contributed by atoms with Gasteiger partial charge in [-0.05, 0) is 30.7 Å². The number of alkyl halides is 3. The van der Waals surface area contributed by atoms with Gasteiger partial charge in [-0.2, -0.15) is 13.2 Å². The fourth-order valence-electron chi connectivity index (χ4n) is 1.68. The Bertz CT molecular complexity index is 439. The van der Waals surface area contributed by atoms with Crippen LogP contribution in [0.5, 0.6) is 5.75 Å². The van der Waals surface area contributed by atoms with E-state index in [4.69, 9.17) is 9.84 Å². The van der Waals surface area contributed by atoms with Crippen molar-refractivity contribution in [3.05, 3.63) is 29.8 Å². The minimum atomic E-state index is -4.36. The molecule has 2 rings (SSSR count). The number of carbonyl (C=O) groups is 1. The summed E-state index contributed by atoms with van der Waals surface area (Å²) in [4.78, 5) is 10.6. The van der Waals surface area contributed by atoms with E-state index in [1.165, 1.54) is 12.1 Å². The predicted molar refractivity (Wildman–Crippen MR) is 56.2 cm³/mol. The molecule has 0 heterocycles. The Morgan fingerprint density at radius 3 is 2.39 bits per heavy atom. The average molecular weight is 260 g/mol. The quantitative estimate of drug-likeness (QED) is 0.905. The van der Waals surface area contributed by atoms with Gasteiger partial charge in [0.25, 0.3) is 0 Å². The van der Waals surface area contributed by atoms with Gasteiger partial charge < -0.3 is 9.84 Å². The first-order valence-corrected chi connectivity index (χ1v) is 5.41. The molecule has 1 aromatic carbocycles. The van der Waals surface area contributed by atoms with Gasteiger partial charge in [0, 0.05) is 5.92 Å². The molecular formula is C12H11F3O3. The van der Waals surface area contributed by atoms with Crippen molar-refractivity contribution < 1.29 is 27.8 Å². The molecule has 1 aromatic rings. The second-order valence-corrected chi connectivity index (χ2v) is 4.27. The zero-order valence-corrected chi connectivity index (χ0v) is 9.28. The van der Waals surface area contributed by atoms with Crippen LogP contribution in [0.3, 0.4) is 0 Å². The first kappa shape index (κ1) is 12.7. The first-order valence-electron chi connectivity index (χ1n) is 5.41. The Balaban J connectivity index is 1.86. The number of carboxylic acids is 1. The lowest BCUT2D eigenvalue weighted by atomic mass is 10.2. The standard InChI is InChI=1S/C12H11F3O3/c13-12(14,15)8-1-3-9(4-2-8)18-6-7-5-10(7)11(16)17/h1-4,7,10H,5-6H2,(H,16,17)/t7-,10+/m0/s1. The molecule has 18 heavy (non-hydrogen) atoms. The molecule has 0 amide bonds. The van der Waals surface area contributed by atoms with Gasteiger partial charge >= 0.3 is 12.1 Å². The lowest BCUT2D eigenvalue weighted by Crippen LogP contribution is -2.07. The van der Waals surface area contributed by atoms with Crippen LogP contribution in [0.1, 0.15) is 12.0 Å². The van der Waals surface area contributed by atoms with Crippen LogP contribution < -0.4 is 4.74 Å². The van der Waals surface area contributed by atoms with Crippen LogP contribution >= 0.6 is 0 Å². The average Bonchev–Trinajstić information content (AvgIpc) is 3.05. The molecule has 0 unspecified atom stereocenters. The van der Waals surface area contributed by atoms with E-state index in [-0.39, 0.29) is 18.4 Å². The van der Waals surface area contributed by atoms with E-state index >= 15 is 0 Å². The van der Waals surface area contributed by atoms with E-state index in [0.29, 0.717) is 12.2 Å². The summed E-state index contributed by atoms with van der Waals surface area (Å²) in [5, 5.41) is 8.67. The van der Waals surface area contributed by atoms with Crippen molar-refractivity contribution in [2.75, 3.05) is 6.61 Å². The highest BCUT2D eigenvalue weighted by molar-refractivity contribution is 5.73. The molecule has 1 aliphatic rings. The fraction of sp³-hybridized carbons (Fsp3) is 0.417. The topological polar surface area (TPSA) is 46.5 Å².